The molecule has 1 aromatic heterocycles. The predicted molar refractivity (Wildman–Crippen MR) is 76.4 cm³/mol. The third-order valence-corrected chi connectivity index (χ3v) is 4.30. The SMILES string of the molecule is CCCS(=O)(=O)N[C@@H](C(=O)NCc1ccco1)C(C)C. The van der Waals surface area contributed by atoms with E-state index < -0.39 is 16.1 Å². The van der Waals surface area contributed by atoms with Crippen LogP contribution in [-0.2, 0) is 21.4 Å². The Kier molecular flexibility index (Phi) is 6.22. The molecule has 6 nitrogen and oxygen atoms in total. The predicted octanol–water partition coefficient (Wildman–Crippen LogP) is 1.25. The van der Waals surface area contributed by atoms with Crippen molar-refractivity contribution in [3.63, 3.8) is 0 Å². The maximum absolute atomic E-state index is 12.1. The van der Waals surface area contributed by atoms with Crippen LogP contribution in [0.3, 0.4) is 0 Å². The maximum Gasteiger partial charge on any atom is 0.238 e. The van der Waals surface area contributed by atoms with Gasteiger partial charge in [-0.25, -0.2) is 13.1 Å². The second-order valence-electron chi connectivity index (χ2n) is 4.96. The Hall–Kier alpha value is -1.34. The molecule has 0 spiro atoms. The molecule has 1 rings (SSSR count). The molecule has 7 heteroatoms. The van der Waals surface area contributed by atoms with E-state index in [9.17, 15) is 13.2 Å². The van der Waals surface area contributed by atoms with Crippen LogP contribution in [0, 0.1) is 5.92 Å². The van der Waals surface area contributed by atoms with Crippen LogP contribution in [0.4, 0.5) is 0 Å². The third-order valence-electron chi connectivity index (χ3n) is 2.75. The third kappa shape index (κ3) is 5.34. The van der Waals surface area contributed by atoms with Crippen molar-refractivity contribution in [3.05, 3.63) is 24.2 Å². The van der Waals surface area contributed by atoms with Crippen molar-refractivity contribution in [2.24, 2.45) is 5.92 Å². The normalized spacial score (nSPS) is 13.4. The van der Waals surface area contributed by atoms with Gasteiger partial charge in [-0.05, 0) is 24.5 Å². The van der Waals surface area contributed by atoms with E-state index in [4.69, 9.17) is 4.42 Å². The Balaban J connectivity index is 2.63. The van der Waals surface area contributed by atoms with Crippen LogP contribution >= 0.6 is 0 Å². The molecule has 1 amide bonds. The molecule has 0 unspecified atom stereocenters. The Morgan fingerprint density at radius 1 is 1.40 bits per heavy atom. The van der Waals surface area contributed by atoms with Gasteiger partial charge in [0.15, 0.2) is 0 Å². The van der Waals surface area contributed by atoms with Crippen molar-refractivity contribution in [1.82, 2.24) is 10.0 Å². The fraction of sp³-hybridized carbons (Fsp3) is 0.615. The lowest BCUT2D eigenvalue weighted by Gasteiger charge is -2.21. The number of furan rings is 1. The maximum atomic E-state index is 12.1. The molecule has 0 aliphatic carbocycles. The first-order valence-corrected chi connectivity index (χ1v) is 8.31. The zero-order valence-corrected chi connectivity index (χ0v) is 12.9. The molecule has 0 bridgehead atoms. The summed E-state index contributed by atoms with van der Waals surface area (Å²) < 4.78 is 31.1. The first kappa shape index (κ1) is 16.7. The van der Waals surface area contributed by atoms with Crippen molar-refractivity contribution in [1.29, 1.82) is 0 Å². The largest absolute Gasteiger partial charge is 0.467 e. The van der Waals surface area contributed by atoms with E-state index in [-0.39, 0.29) is 24.1 Å². The van der Waals surface area contributed by atoms with Crippen LogP contribution in [0.2, 0.25) is 0 Å². The van der Waals surface area contributed by atoms with Gasteiger partial charge in [-0.3, -0.25) is 4.79 Å². The van der Waals surface area contributed by atoms with E-state index in [1.165, 1.54) is 6.26 Å². The van der Waals surface area contributed by atoms with Crippen LogP contribution in [0.5, 0.6) is 0 Å². The van der Waals surface area contributed by atoms with Gasteiger partial charge in [-0.1, -0.05) is 20.8 Å². The lowest BCUT2D eigenvalue weighted by Crippen LogP contribution is -2.49. The first-order valence-electron chi connectivity index (χ1n) is 6.66. The van der Waals surface area contributed by atoms with Crippen molar-refractivity contribution in [2.45, 2.75) is 39.8 Å². The highest BCUT2D eigenvalue weighted by atomic mass is 32.2. The average Bonchev–Trinajstić information content (AvgIpc) is 2.85. The minimum absolute atomic E-state index is 0.0156. The van der Waals surface area contributed by atoms with Crippen molar-refractivity contribution in [3.8, 4) is 0 Å². The fourth-order valence-corrected chi connectivity index (χ4v) is 3.13. The molecule has 0 aliphatic rings. The lowest BCUT2D eigenvalue weighted by molar-refractivity contribution is -0.123. The van der Waals surface area contributed by atoms with E-state index >= 15 is 0 Å². The zero-order valence-electron chi connectivity index (χ0n) is 12.0. The Morgan fingerprint density at radius 3 is 2.60 bits per heavy atom. The quantitative estimate of drug-likeness (QED) is 0.756. The molecule has 114 valence electrons. The molecular weight excluding hydrogens is 280 g/mol. The van der Waals surface area contributed by atoms with Crippen molar-refractivity contribution < 1.29 is 17.6 Å². The minimum Gasteiger partial charge on any atom is -0.467 e. The molecule has 2 N–H and O–H groups in total. The van der Waals surface area contributed by atoms with E-state index in [2.05, 4.69) is 10.0 Å². The number of nitrogens with one attached hydrogen (secondary N) is 2. The second kappa shape index (κ2) is 7.44. The number of carbonyl (C=O) groups is 1. The van der Waals surface area contributed by atoms with E-state index in [1.54, 1.807) is 32.9 Å². The van der Waals surface area contributed by atoms with E-state index in [1.807, 2.05) is 0 Å². The van der Waals surface area contributed by atoms with Gasteiger partial charge in [0.25, 0.3) is 0 Å². The van der Waals surface area contributed by atoms with Gasteiger partial charge in [0.1, 0.15) is 11.8 Å². The van der Waals surface area contributed by atoms with Crippen LogP contribution in [0.15, 0.2) is 22.8 Å². The molecule has 0 radical (unpaired) electrons. The highest BCUT2D eigenvalue weighted by Crippen LogP contribution is 2.06. The molecule has 20 heavy (non-hydrogen) atoms. The Labute approximate surface area is 120 Å². The molecule has 0 saturated carbocycles. The highest BCUT2D eigenvalue weighted by molar-refractivity contribution is 7.89. The summed E-state index contributed by atoms with van der Waals surface area (Å²) >= 11 is 0. The van der Waals surface area contributed by atoms with E-state index in [0.717, 1.165) is 0 Å². The molecule has 0 saturated heterocycles. The van der Waals surface area contributed by atoms with Gasteiger partial charge < -0.3 is 9.73 Å². The van der Waals surface area contributed by atoms with Crippen molar-refractivity contribution >= 4 is 15.9 Å². The topological polar surface area (TPSA) is 88.4 Å². The van der Waals surface area contributed by atoms with E-state index in [0.29, 0.717) is 12.2 Å². The van der Waals surface area contributed by atoms with Gasteiger partial charge in [-0.2, -0.15) is 0 Å². The van der Waals surface area contributed by atoms with Crippen molar-refractivity contribution in [2.75, 3.05) is 5.75 Å². The number of carbonyl (C=O) groups excluding carboxylic acids is 1. The van der Waals surface area contributed by atoms with Crippen LogP contribution in [0.25, 0.3) is 0 Å². The summed E-state index contributed by atoms with van der Waals surface area (Å²) in [5, 5.41) is 2.67. The van der Waals surface area contributed by atoms with Gasteiger partial charge in [-0.15, -0.1) is 0 Å². The standard InChI is InChI=1S/C13H22N2O4S/c1-4-8-20(17,18)15-12(10(2)3)13(16)14-9-11-6-5-7-19-11/h5-7,10,12,15H,4,8-9H2,1-3H3,(H,14,16)/t12-/m1/s1. The molecule has 1 atom stereocenters. The van der Waals surface area contributed by atoms with Gasteiger partial charge in [0.2, 0.25) is 15.9 Å². The summed E-state index contributed by atoms with van der Waals surface area (Å²) in [5.41, 5.74) is 0. The highest BCUT2D eigenvalue weighted by Gasteiger charge is 2.26. The lowest BCUT2D eigenvalue weighted by atomic mass is 10.1. The smallest absolute Gasteiger partial charge is 0.238 e. The summed E-state index contributed by atoms with van der Waals surface area (Å²) in [7, 11) is -3.43. The summed E-state index contributed by atoms with van der Waals surface area (Å²) in [5.74, 6) is 0.147. The Morgan fingerprint density at radius 2 is 2.10 bits per heavy atom. The number of sulfonamides is 1. The molecule has 1 heterocycles. The summed E-state index contributed by atoms with van der Waals surface area (Å²) in [6.07, 6.45) is 2.03. The number of amides is 1. The number of hydrogen-bond donors (Lipinski definition) is 2. The molecule has 0 aliphatic heterocycles. The van der Waals surface area contributed by atoms with Crippen LogP contribution in [-0.4, -0.2) is 26.1 Å². The monoisotopic (exact) mass is 302 g/mol. The summed E-state index contributed by atoms with van der Waals surface area (Å²) in [6, 6.07) is 2.69. The molecular formula is C13H22N2O4S. The van der Waals surface area contributed by atoms with Gasteiger partial charge in [0, 0.05) is 0 Å². The molecule has 0 fully saturated rings. The number of rotatable bonds is 8. The van der Waals surface area contributed by atoms with Gasteiger partial charge >= 0.3 is 0 Å². The zero-order chi connectivity index (χ0) is 15.2. The van der Waals surface area contributed by atoms with Crippen LogP contribution in [0.1, 0.15) is 33.0 Å². The van der Waals surface area contributed by atoms with Gasteiger partial charge in [0.05, 0.1) is 18.6 Å². The average molecular weight is 302 g/mol. The van der Waals surface area contributed by atoms with Crippen LogP contribution < -0.4 is 10.0 Å². The summed E-state index contributed by atoms with van der Waals surface area (Å²) in [6.45, 7) is 5.61. The summed E-state index contributed by atoms with van der Waals surface area (Å²) in [4.78, 5) is 12.1. The number of hydrogen-bond acceptors (Lipinski definition) is 4. The fourth-order valence-electron chi connectivity index (χ4n) is 1.71. The molecule has 0 aromatic carbocycles. The minimum atomic E-state index is -3.43. The second-order valence-corrected chi connectivity index (χ2v) is 6.83. The molecule has 1 aromatic rings. The first-order chi connectivity index (χ1) is 9.35. The Bertz CT molecular complexity index is 508.